The molecule has 4 aliphatic rings. The molecule has 4 fully saturated rings. The molecule has 1 aromatic rings. The fourth-order valence-corrected chi connectivity index (χ4v) is 6.12. The van der Waals surface area contributed by atoms with E-state index in [9.17, 15) is 4.79 Å². The number of amides is 1. The normalized spacial score (nSPS) is 32.3. The first-order valence-corrected chi connectivity index (χ1v) is 9.66. The van der Waals surface area contributed by atoms with Crippen LogP contribution in [0.15, 0.2) is 18.2 Å². The van der Waals surface area contributed by atoms with E-state index in [0.29, 0.717) is 16.4 Å². The Morgan fingerprint density at radius 2 is 1.76 bits per heavy atom. The predicted octanol–water partition coefficient (Wildman–Crippen LogP) is 3.58. The second kappa shape index (κ2) is 6.27. The first-order chi connectivity index (χ1) is 12.0. The lowest BCUT2D eigenvalue weighted by Crippen LogP contribution is -2.61. The summed E-state index contributed by atoms with van der Waals surface area (Å²) in [7, 11) is 1.59. The van der Waals surface area contributed by atoms with Crippen LogP contribution in [0, 0.1) is 24.7 Å². The molecule has 0 unspecified atom stereocenters. The number of hydrogen-bond donors (Lipinski definition) is 2. The fourth-order valence-electron chi connectivity index (χ4n) is 5.81. The van der Waals surface area contributed by atoms with Crippen LogP contribution in [0.3, 0.4) is 0 Å². The molecule has 134 valence electrons. The van der Waals surface area contributed by atoms with Gasteiger partial charge in [-0.15, -0.1) is 0 Å². The van der Waals surface area contributed by atoms with Crippen LogP contribution in [0.5, 0.6) is 5.75 Å². The molecular formula is C20H26N2O2S. The number of carbonyl (C=O) groups excluding carboxylic acids is 1. The van der Waals surface area contributed by atoms with E-state index in [0.717, 1.165) is 23.3 Å². The monoisotopic (exact) mass is 358 g/mol. The number of para-hydroxylation sites is 1. The third-order valence-corrected chi connectivity index (χ3v) is 6.51. The Balaban J connectivity index is 1.44. The SMILES string of the molecule is COc1c(C)cccc1C(=O)NC(=S)NC12CC3CC(CC(C3)C1)C2. The van der Waals surface area contributed by atoms with Gasteiger partial charge in [0.1, 0.15) is 5.75 Å². The van der Waals surface area contributed by atoms with Crippen molar-refractivity contribution in [1.82, 2.24) is 10.6 Å². The van der Waals surface area contributed by atoms with Crippen molar-refractivity contribution in [3.05, 3.63) is 29.3 Å². The zero-order chi connectivity index (χ0) is 17.6. The number of rotatable bonds is 3. The van der Waals surface area contributed by atoms with Crippen LogP contribution in [0.2, 0.25) is 0 Å². The topological polar surface area (TPSA) is 50.4 Å². The van der Waals surface area contributed by atoms with Crippen molar-refractivity contribution >= 4 is 23.2 Å². The molecule has 0 spiro atoms. The van der Waals surface area contributed by atoms with Gasteiger partial charge in [0.05, 0.1) is 12.7 Å². The molecule has 4 nitrogen and oxygen atoms in total. The highest BCUT2D eigenvalue weighted by atomic mass is 32.1. The lowest BCUT2D eigenvalue weighted by Gasteiger charge is -2.57. The lowest BCUT2D eigenvalue weighted by molar-refractivity contribution is -0.0101. The average Bonchev–Trinajstić information content (AvgIpc) is 2.52. The Bertz CT molecular complexity index is 680. The summed E-state index contributed by atoms with van der Waals surface area (Å²) in [5.41, 5.74) is 1.57. The number of hydrogen-bond acceptors (Lipinski definition) is 3. The smallest absolute Gasteiger partial charge is 0.261 e. The van der Waals surface area contributed by atoms with E-state index in [4.69, 9.17) is 17.0 Å². The molecule has 25 heavy (non-hydrogen) atoms. The van der Waals surface area contributed by atoms with Gasteiger partial charge in [0.15, 0.2) is 5.11 Å². The Labute approximate surface area is 154 Å². The van der Waals surface area contributed by atoms with E-state index in [2.05, 4.69) is 10.6 Å². The van der Waals surface area contributed by atoms with Crippen molar-refractivity contribution in [2.45, 2.75) is 51.0 Å². The number of thiocarbonyl (C=S) groups is 1. The van der Waals surface area contributed by atoms with E-state index >= 15 is 0 Å². The predicted molar refractivity (Wildman–Crippen MR) is 102 cm³/mol. The molecule has 0 radical (unpaired) electrons. The fraction of sp³-hybridized carbons (Fsp3) is 0.600. The molecule has 4 aliphatic carbocycles. The molecule has 1 aromatic carbocycles. The minimum Gasteiger partial charge on any atom is -0.496 e. The third kappa shape index (κ3) is 3.14. The Morgan fingerprint density at radius 3 is 2.32 bits per heavy atom. The molecule has 2 N–H and O–H groups in total. The summed E-state index contributed by atoms with van der Waals surface area (Å²) in [6.07, 6.45) is 7.76. The number of nitrogens with one attached hydrogen (secondary N) is 2. The van der Waals surface area contributed by atoms with Gasteiger partial charge in [0, 0.05) is 5.54 Å². The molecule has 4 saturated carbocycles. The van der Waals surface area contributed by atoms with Gasteiger partial charge in [0.2, 0.25) is 0 Å². The molecule has 0 aromatic heterocycles. The van der Waals surface area contributed by atoms with Crippen LogP contribution in [-0.2, 0) is 0 Å². The van der Waals surface area contributed by atoms with Gasteiger partial charge >= 0.3 is 0 Å². The van der Waals surface area contributed by atoms with Gasteiger partial charge in [-0.05, 0) is 87.1 Å². The van der Waals surface area contributed by atoms with Crippen molar-refractivity contribution in [1.29, 1.82) is 0 Å². The van der Waals surface area contributed by atoms with Crippen LogP contribution < -0.4 is 15.4 Å². The van der Waals surface area contributed by atoms with Gasteiger partial charge in [0.25, 0.3) is 5.91 Å². The molecule has 0 heterocycles. The number of benzene rings is 1. The van der Waals surface area contributed by atoms with Crippen molar-refractivity contribution < 1.29 is 9.53 Å². The maximum atomic E-state index is 12.7. The van der Waals surface area contributed by atoms with Crippen molar-refractivity contribution in [2.75, 3.05) is 7.11 Å². The standard InChI is InChI=1S/C20H26N2O2S/c1-12-4-3-5-16(17(12)24-2)18(23)21-19(25)22-20-9-13-6-14(10-20)8-15(7-13)11-20/h3-5,13-15H,6-11H2,1-2H3,(H2,21,22,23,25). The summed E-state index contributed by atoms with van der Waals surface area (Å²) >= 11 is 5.49. The van der Waals surface area contributed by atoms with Crippen molar-refractivity contribution in [2.24, 2.45) is 17.8 Å². The number of ether oxygens (including phenoxy) is 1. The maximum Gasteiger partial charge on any atom is 0.261 e. The van der Waals surface area contributed by atoms with Gasteiger partial charge in [-0.1, -0.05) is 12.1 Å². The average molecular weight is 359 g/mol. The molecule has 0 aliphatic heterocycles. The highest BCUT2D eigenvalue weighted by molar-refractivity contribution is 7.80. The summed E-state index contributed by atoms with van der Waals surface area (Å²) in [6.45, 7) is 1.93. The summed E-state index contributed by atoms with van der Waals surface area (Å²) in [4.78, 5) is 12.7. The number of methoxy groups -OCH3 is 1. The van der Waals surface area contributed by atoms with Gasteiger partial charge in [-0.3, -0.25) is 10.1 Å². The van der Waals surface area contributed by atoms with Crippen molar-refractivity contribution in [3.63, 3.8) is 0 Å². The quantitative estimate of drug-likeness (QED) is 0.811. The molecule has 0 saturated heterocycles. The first kappa shape index (κ1) is 16.8. The number of aryl methyl sites for hydroxylation is 1. The van der Waals surface area contributed by atoms with E-state index < -0.39 is 0 Å². The Kier molecular flexibility index (Phi) is 4.22. The van der Waals surface area contributed by atoms with Crippen LogP contribution in [0.1, 0.15) is 54.4 Å². The van der Waals surface area contributed by atoms with Crippen LogP contribution in [-0.4, -0.2) is 23.7 Å². The molecule has 0 atom stereocenters. The second-order valence-electron chi connectivity index (χ2n) is 8.26. The van der Waals surface area contributed by atoms with Crippen LogP contribution in [0.25, 0.3) is 0 Å². The van der Waals surface area contributed by atoms with Gasteiger partial charge in [-0.2, -0.15) is 0 Å². The van der Waals surface area contributed by atoms with Crippen LogP contribution in [0.4, 0.5) is 0 Å². The van der Waals surface area contributed by atoms with E-state index in [1.54, 1.807) is 13.2 Å². The maximum absolute atomic E-state index is 12.7. The van der Waals surface area contributed by atoms with Crippen LogP contribution >= 0.6 is 12.2 Å². The zero-order valence-electron chi connectivity index (χ0n) is 14.9. The van der Waals surface area contributed by atoms with E-state index in [1.807, 2.05) is 19.1 Å². The summed E-state index contributed by atoms with van der Waals surface area (Å²) in [5, 5.41) is 6.86. The first-order valence-electron chi connectivity index (χ1n) is 9.25. The number of carbonyl (C=O) groups is 1. The minimum atomic E-state index is -0.206. The van der Waals surface area contributed by atoms with Gasteiger partial charge in [-0.25, -0.2) is 0 Å². The Morgan fingerprint density at radius 1 is 1.16 bits per heavy atom. The molecule has 4 bridgehead atoms. The lowest BCUT2D eigenvalue weighted by atomic mass is 9.53. The largest absolute Gasteiger partial charge is 0.496 e. The van der Waals surface area contributed by atoms with E-state index in [1.165, 1.54) is 38.5 Å². The highest BCUT2D eigenvalue weighted by Crippen LogP contribution is 2.55. The van der Waals surface area contributed by atoms with Gasteiger partial charge < -0.3 is 10.1 Å². The zero-order valence-corrected chi connectivity index (χ0v) is 15.7. The van der Waals surface area contributed by atoms with E-state index in [-0.39, 0.29) is 11.4 Å². The van der Waals surface area contributed by atoms with Crippen molar-refractivity contribution in [3.8, 4) is 5.75 Å². The summed E-state index contributed by atoms with van der Waals surface area (Å²) < 4.78 is 5.39. The molecule has 5 rings (SSSR count). The molecule has 1 amide bonds. The second-order valence-corrected chi connectivity index (χ2v) is 8.67. The molecular weight excluding hydrogens is 332 g/mol. The minimum absolute atomic E-state index is 0.107. The third-order valence-electron chi connectivity index (χ3n) is 6.30. The summed E-state index contributed by atoms with van der Waals surface area (Å²) in [5.74, 6) is 2.93. The highest BCUT2D eigenvalue weighted by Gasteiger charge is 2.51. The Hall–Kier alpha value is -1.62. The molecule has 5 heteroatoms. The summed E-state index contributed by atoms with van der Waals surface area (Å²) in [6, 6.07) is 5.57.